The molecule has 1 saturated carbocycles. The molecular formula is C25H24N8O. The van der Waals surface area contributed by atoms with E-state index in [0.29, 0.717) is 23.3 Å². The maximum absolute atomic E-state index is 12.1. The molecule has 2 aromatic carbocycles. The molecule has 0 unspecified atom stereocenters. The molecule has 2 aromatic heterocycles. The lowest BCUT2D eigenvalue weighted by atomic mass is 9.98. The normalized spacial score (nSPS) is 14.7. The maximum atomic E-state index is 12.1. The van der Waals surface area contributed by atoms with Gasteiger partial charge in [0.05, 0.1) is 6.04 Å². The summed E-state index contributed by atoms with van der Waals surface area (Å²) in [5, 5.41) is 6.56. The molecule has 0 saturated heterocycles. The van der Waals surface area contributed by atoms with Gasteiger partial charge in [-0.3, -0.25) is 4.79 Å². The van der Waals surface area contributed by atoms with Crippen molar-refractivity contribution in [3.63, 3.8) is 0 Å². The van der Waals surface area contributed by atoms with Crippen molar-refractivity contribution in [1.29, 1.82) is 0 Å². The van der Waals surface area contributed by atoms with Crippen LogP contribution in [0.5, 0.6) is 0 Å². The zero-order chi connectivity index (χ0) is 23.5. The van der Waals surface area contributed by atoms with Gasteiger partial charge in [0.15, 0.2) is 5.82 Å². The molecule has 4 aromatic rings. The summed E-state index contributed by atoms with van der Waals surface area (Å²) in [6, 6.07) is 19.1. The number of aromatic nitrogens is 4. The van der Waals surface area contributed by atoms with Crippen molar-refractivity contribution >= 4 is 23.4 Å². The van der Waals surface area contributed by atoms with Crippen molar-refractivity contribution in [2.24, 2.45) is 11.5 Å². The third kappa shape index (κ3) is 4.55. The van der Waals surface area contributed by atoms with Crippen molar-refractivity contribution in [2.75, 3.05) is 10.6 Å². The van der Waals surface area contributed by atoms with Crippen LogP contribution in [0.1, 0.15) is 34.8 Å². The lowest BCUT2D eigenvalue weighted by Gasteiger charge is -2.25. The highest BCUT2D eigenvalue weighted by molar-refractivity contribution is 5.98. The number of carbonyl (C=O) groups is 1. The number of carbonyl (C=O) groups excluding carboxylic acids is 1. The first-order chi connectivity index (χ1) is 16.5. The van der Waals surface area contributed by atoms with Crippen molar-refractivity contribution in [2.45, 2.75) is 24.4 Å². The fourth-order valence-electron chi connectivity index (χ4n) is 3.81. The van der Waals surface area contributed by atoms with Gasteiger partial charge in [0, 0.05) is 35.4 Å². The Labute approximate surface area is 196 Å². The summed E-state index contributed by atoms with van der Waals surface area (Å²) in [5.74, 6) is 0.605. The van der Waals surface area contributed by atoms with E-state index < -0.39 is 5.91 Å². The monoisotopic (exact) mass is 452 g/mol. The molecule has 0 radical (unpaired) electrons. The van der Waals surface area contributed by atoms with Gasteiger partial charge in [0.2, 0.25) is 5.95 Å². The highest BCUT2D eigenvalue weighted by atomic mass is 16.1. The van der Waals surface area contributed by atoms with Gasteiger partial charge in [-0.15, -0.1) is 0 Å². The zero-order valence-electron chi connectivity index (χ0n) is 18.3. The van der Waals surface area contributed by atoms with E-state index in [-0.39, 0.29) is 17.1 Å². The molecule has 1 aliphatic carbocycles. The molecular weight excluding hydrogens is 428 g/mol. The minimum absolute atomic E-state index is 0.167. The van der Waals surface area contributed by atoms with Gasteiger partial charge in [-0.25, -0.2) is 15.0 Å². The Hall–Kier alpha value is -4.37. The van der Waals surface area contributed by atoms with E-state index in [0.717, 1.165) is 24.0 Å². The van der Waals surface area contributed by atoms with E-state index in [9.17, 15) is 4.79 Å². The van der Waals surface area contributed by atoms with Gasteiger partial charge in [0.25, 0.3) is 5.91 Å². The Morgan fingerprint density at radius 3 is 2.44 bits per heavy atom. The second-order valence-corrected chi connectivity index (χ2v) is 8.32. The van der Waals surface area contributed by atoms with Gasteiger partial charge >= 0.3 is 0 Å². The molecule has 9 nitrogen and oxygen atoms in total. The van der Waals surface area contributed by atoms with Crippen LogP contribution in [0.4, 0.5) is 17.5 Å². The molecule has 6 N–H and O–H groups in total. The molecule has 1 amide bonds. The van der Waals surface area contributed by atoms with Gasteiger partial charge < -0.3 is 22.1 Å². The summed E-state index contributed by atoms with van der Waals surface area (Å²) < 4.78 is 0. The van der Waals surface area contributed by atoms with E-state index in [4.69, 9.17) is 11.5 Å². The molecule has 1 fully saturated rings. The predicted octanol–water partition coefficient (Wildman–Crippen LogP) is 3.42. The first-order valence-corrected chi connectivity index (χ1v) is 10.9. The largest absolute Gasteiger partial charge is 0.365 e. The molecule has 0 spiro atoms. The van der Waals surface area contributed by atoms with E-state index in [1.165, 1.54) is 6.20 Å². The highest BCUT2D eigenvalue weighted by Gasteiger charge is 2.47. The highest BCUT2D eigenvalue weighted by Crippen LogP contribution is 2.45. The fourth-order valence-corrected chi connectivity index (χ4v) is 3.81. The second kappa shape index (κ2) is 8.87. The Morgan fingerprint density at radius 2 is 1.74 bits per heavy atom. The SMILES string of the molecule is NC(=O)c1cnc(N[C@H](c2ccccc2)C2(N)CC2)nc1Nc1cccc(-c2ncccn2)c1. The minimum atomic E-state index is -0.631. The van der Waals surface area contributed by atoms with Gasteiger partial charge in [0.1, 0.15) is 11.4 Å². The number of benzene rings is 2. The number of rotatable bonds is 8. The molecule has 0 bridgehead atoms. The number of hydrogen-bond acceptors (Lipinski definition) is 8. The van der Waals surface area contributed by atoms with Crippen LogP contribution in [0.3, 0.4) is 0 Å². The summed E-state index contributed by atoms with van der Waals surface area (Å²) in [6.07, 6.45) is 6.59. The van der Waals surface area contributed by atoms with Crippen LogP contribution in [0.15, 0.2) is 79.3 Å². The van der Waals surface area contributed by atoms with Crippen LogP contribution < -0.4 is 22.1 Å². The third-order valence-corrected chi connectivity index (χ3v) is 5.81. The molecule has 0 aliphatic heterocycles. The summed E-state index contributed by atoms with van der Waals surface area (Å²) >= 11 is 0. The lowest BCUT2D eigenvalue weighted by molar-refractivity contribution is 0.100. The Bertz CT molecular complexity index is 1310. The molecule has 9 heteroatoms. The van der Waals surface area contributed by atoms with Crippen LogP contribution in [-0.4, -0.2) is 31.4 Å². The molecule has 5 rings (SSSR count). The molecule has 1 atom stereocenters. The fraction of sp³-hybridized carbons (Fsp3) is 0.160. The van der Waals surface area contributed by atoms with Crippen LogP contribution in [0.25, 0.3) is 11.4 Å². The first-order valence-electron chi connectivity index (χ1n) is 10.9. The average molecular weight is 453 g/mol. The standard InChI is InChI=1S/C25H24N8O/c26-21(34)19-15-30-24(32-20(25(27)10-11-25)16-6-2-1-3-7-16)33-23(19)31-18-9-4-8-17(14-18)22-28-12-5-13-29-22/h1-9,12-15,20H,10-11,27H2,(H2,26,34)(H2,30,31,32,33)/t20-/m1/s1. The molecule has 2 heterocycles. The zero-order valence-corrected chi connectivity index (χ0v) is 18.3. The molecule has 170 valence electrons. The van der Waals surface area contributed by atoms with Gasteiger partial charge in [-0.1, -0.05) is 42.5 Å². The number of hydrogen-bond donors (Lipinski definition) is 4. The van der Waals surface area contributed by atoms with E-state index in [1.54, 1.807) is 18.5 Å². The number of nitrogens with zero attached hydrogens (tertiary/aromatic N) is 4. The summed E-state index contributed by atoms with van der Waals surface area (Å²) in [5.41, 5.74) is 14.5. The third-order valence-electron chi connectivity index (χ3n) is 5.81. The Balaban J connectivity index is 1.45. The van der Waals surface area contributed by atoms with Crippen LogP contribution in [0.2, 0.25) is 0 Å². The molecule has 34 heavy (non-hydrogen) atoms. The Kier molecular flexibility index (Phi) is 5.60. The van der Waals surface area contributed by atoms with Crippen LogP contribution in [-0.2, 0) is 0 Å². The Morgan fingerprint density at radius 1 is 0.971 bits per heavy atom. The first kappa shape index (κ1) is 21.5. The number of nitrogens with one attached hydrogen (secondary N) is 2. The second-order valence-electron chi connectivity index (χ2n) is 8.32. The van der Waals surface area contributed by atoms with Gasteiger partial charge in [-0.05, 0) is 36.6 Å². The van der Waals surface area contributed by atoms with E-state index >= 15 is 0 Å². The number of amides is 1. The summed E-state index contributed by atoms with van der Waals surface area (Å²) in [4.78, 5) is 29.6. The van der Waals surface area contributed by atoms with Crippen LogP contribution in [0, 0.1) is 0 Å². The van der Waals surface area contributed by atoms with Crippen molar-refractivity contribution in [3.05, 3.63) is 90.4 Å². The smallest absolute Gasteiger partial charge is 0.254 e. The number of nitrogens with two attached hydrogens (primary N) is 2. The quantitative estimate of drug-likeness (QED) is 0.318. The van der Waals surface area contributed by atoms with Crippen molar-refractivity contribution < 1.29 is 4.79 Å². The predicted molar refractivity (Wildman–Crippen MR) is 130 cm³/mol. The number of anilines is 3. The minimum Gasteiger partial charge on any atom is -0.365 e. The molecule has 1 aliphatic rings. The van der Waals surface area contributed by atoms with Gasteiger partial charge in [-0.2, -0.15) is 4.98 Å². The van der Waals surface area contributed by atoms with Crippen molar-refractivity contribution in [3.8, 4) is 11.4 Å². The maximum Gasteiger partial charge on any atom is 0.254 e. The lowest BCUT2D eigenvalue weighted by Crippen LogP contribution is -2.36. The van der Waals surface area contributed by atoms with Crippen molar-refractivity contribution in [1.82, 2.24) is 19.9 Å². The van der Waals surface area contributed by atoms with E-state index in [1.807, 2.05) is 54.6 Å². The average Bonchev–Trinajstić information content (AvgIpc) is 3.62. The van der Waals surface area contributed by atoms with E-state index in [2.05, 4.69) is 30.6 Å². The summed E-state index contributed by atoms with van der Waals surface area (Å²) in [6.45, 7) is 0. The summed E-state index contributed by atoms with van der Waals surface area (Å²) in [7, 11) is 0. The number of primary amides is 1. The van der Waals surface area contributed by atoms with Crippen LogP contribution >= 0.6 is 0 Å². The topological polar surface area (TPSA) is 145 Å².